The Bertz CT molecular complexity index is 1900. The van der Waals surface area contributed by atoms with Crippen LogP contribution in [0.15, 0.2) is 132 Å². The number of ether oxygens (including phenoxy) is 2. The highest BCUT2D eigenvalue weighted by molar-refractivity contribution is 7.99. The van der Waals surface area contributed by atoms with Crippen LogP contribution in [0, 0.1) is 0 Å². The van der Waals surface area contributed by atoms with Gasteiger partial charge in [-0.25, -0.2) is 0 Å². The number of aliphatic hydroxyl groups is 1. The molecule has 3 atom stereocenters. The molecule has 1 saturated heterocycles. The number of amides is 2. The average molecular weight is 702 g/mol. The quantitative estimate of drug-likeness (QED) is 0.0680. The zero-order chi connectivity index (χ0) is 35.4. The Morgan fingerprint density at radius 1 is 0.745 bits per heavy atom. The predicted octanol–water partition coefficient (Wildman–Crippen LogP) is 8.19. The number of nitrogens with two attached hydrogens (primary N) is 1. The molecule has 0 aromatic heterocycles. The number of thioether (sulfide) groups is 1. The van der Waals surface area contributed by atoms with Gasteiger partial charge in [0.1, 0.15) is 0 Å². The monoisotopic (exact) mass is 701 g/mol. The van der Waals surface area contributed by atoms with Crippen LogP contribution in [0.5, 0.6) is 0 Å². The SMILES string of the molecule is Nc1ccccc1NC(=O)CCCC(=O)NCc1cccc(-c2cccc([C@@H]3O[C@H](CSc4ccccc4)C[C@H](c4ccc(CO)cc4)O3)c2)c1. The van der Waals surface area contributed by atoms with Crippen LogP contribution < -0.4 is 16.4 Å². The zero-order valence-corrected chi connectivity index (χ0v) is 29.2. The Morgan fingerprint density at radius 3 is 2.25 bits per heavy atom. The van der Waals surface area contributed by atoms with Crippen molar-refractivity contribution >= 4 is 35.0 Å². The number of benzene rings is 5. The lowest BCUT2D eigenvalue weighted by Crippen LogP contribution is -2.31. The van der Waals surface area contributed by atoms with Crippen molar-refractivity contribution in [3.63, 3.8) is 0 Å². The average Bonchev–Trinajstić information content (AvgIpc) is 3.17. The van der Waals surface area contributed by atoms with Gasteiger partial charge in [-0.1, -0.05) is 91.0 Å². The number of carbonyl (C=O) groups excluding carboxylic acids is 2. The molecule has 6 rings (SSSR count). The fourth-order valence-corrected chi connectivity index (χ4v) is 6.92. The highest BCUT2D eigenvalue weighted by Crippen LogP contribution is 2.40. The molecule has 1 heterocycles. The predicted molar refractivity (Wildman–Crippen MR) is 203 cm³/mol. The third kappa shape index (κ3) is 10.3. The number of hydrogen-bond acceptors (Lipinski definition) is 7. The Morgan fingerprint density at radius 2 is 1.47 bits per heavy atom. The highest BCUT2D eigenvalue weighted by atomic mass is 32.2. The number of para-hydroxylation sites is 2. The Balaban J connectivity index is 1.07. The molecule has 51 heavy (non-hydrogen) atoms. The normalized spacial score (nSPS) is 17.1. The number of hydrogen-bond donors (Lipinski definition) is 4. The van der Waals surface area contributed by atoms with Crippen LogP contribution in [0.2, 0.25) is 0 Å². The van der Waals surface area contributed by atoms with E-state index in [2.05, 4.69) is 47.0 Å². The van der Waals surface area contributed by atoms with E-state index in [1.54, 1.807) is 23.9 Å². The molecule has 5 N–H and O–H groups in total. The summed E-state index contributed by atoms with van der Waals surface area (Å²) >= 11 is 1.78. The first-order chi connectivity index (χ1) is 24.9. The Hall–Kier alpha value is -4.93. The molecule has 1 fully saturated rings. The van der Waals surface area contributed by atoms with E-state index in [1.807, 2.05) is 78.9 Å². The van der Waals surface area contributed by atoms with Gasteiger partial charge in [-0.15, -0.1) is 11.8 Å². The molecular weight excluding hydrogens is 659 g/mol. The maximum atomic E-state index is 12.6. The van der Waals surface area contributed by atoms with Gasteiger partial charge in [0.2, 0.25) is 11.8 Å². The molecule has 0 bridgehead atoms. The minimum Gasteiger partial charge on any atom is -0.397 e. The molecule has 5 aromatic carbocycles. The molecule has 9 heteroatoms. The first kappa shape index (κ1) is 35.9. The van der Waals surface area contributed by atoms with E-state index in [0.717, 1.165) is 45.6 Å². The van der Waals surface area contributed by atoms with E-state index < -0.39 is 6.29 Å². The second kappa shape index (κ2) is 17.8. The molecule has 1 aliphatic rings. The van der Waals surface area contributed by atoms with Gasteiger partial charge in [-0.05, 0) is 70.6 Å². The smallest absolute Gasteiger partial charge is 0.224 e. The Kier molecular flexibility index (Phi) is 12.5. The van der Waals surface area contributed by atoms with E-state index in [0.29, 0.717) is 24.3 Å². The number of rotatable bonds is 14. The van der Waals surface area contributed by atoms with Crippen LogP contribution in [0.3, 0.4) is 0 Å². The van der Waals surface area contributed by atoms with Gasteiger partial charge in [0.15, 0.2) is 6.29 Å². The molecule has 2 amide bonds. The molecule has 5 aromatic rings. The third-order valence-corrected chi connectivity index (χ3v) is 9.89. The van der Waals surface area contributed by atoms with Crippen molar-refractivity contribution in [1.82, 2.24) is 5.32 Å². The van der Waals surface area contributed by atoms with E-state index in [9.17, 15) is 14.7 Å². The summed E-state index contributed by atoms with van der Waals surface area (Å²) in [4.78, 5) is 26.1. The van der Waals surface area contributed by atoms with Gasteiger partial charge in [-0.3, -0.25) is 9.59 Å². The molecule has 0 radical (unpaired) electrons. The van der Waals surface area contributed by atoms with Crippen LogP contribution in [0.4, 0.5) is 11.4 Å². The number of anilines is 2. The lowest BCUT2D eigenvalue weighted by molar-refractivity contribution is -0.245. The summed E-state index contributed by atoms with van der Waals surface area (Å²) in [7, 11) is 0. The third-order valence-electron chi connectivity index (χ3n) is 8.75. The van der Waals surface area contributed by atoms with Crippen LogP contribution in [-0.2, 0) is 32.2 Å². The van der Waals surface area contributed by atoms with Gasteiger partial charge in [-0.2, -0.15) is 0 Å². The van der Waals surface area contributed by atoms with E-state index in [-0.39, 0.29) is 43.5 Å². The van der Waals surface area contributed by atoms with E-state index >= 15 is 0 Å². The molecule has 0 aliphatic carbocycles. The van der Waals surface area contributed by atoms with Gasteiger partial charge in [0.25, 0.3) is 0 Å². The fraction of sp³-hybridized carbons (Fsp3) is 0.238. The minimum absolute atomic E-state index is 0.000447. The second-order valence-corrected chi connectivity index (χ2v) is 13.7. The number of aliphatic hydroxyl groups excluding tert-OH is 1. The second-order valence-electron chi connectivity index (χ2n) is 12.6. The summed E-state index contributed by atoms with van der Waals surface area (Å²) in [5, 5.41) is 15.3. The number of carbonyl (C=O) groups is 2. The van der Waals surface area contributed by atoms with Crippen molar-refractivity contribution in [1.29, 1.82) is 0 Å². The zero-order valence-electron chi connectivity index (χ0n) is 28.4. The molecule has 262 valence electrons. The van der Waals surface area contributed by atoms with Gasteiger partial charge < -0.3 is 30.9 Å². The molecular formula is C42H43N3O5S. The summed E-state index contributed by atoms with van der Waals surface area (Å²) < 4.78 is 13.2. The summed E-state index contributed by atoms with van der Waals surface area (Å²) in [6, 6.07) is 41.7. The molecule has 0 unspecified atom stereocenters. The van der Waals surface area contributed by atoms with Crippen molar-refractivity contribution in [2.75, 3.05) is 16.8 Å². The van der Waals surface area contributed by atoms with E-state index in [4.69, 9.17) is 15.2 Å². The molecule has 8 nitrogen and oxygen atoms in total. The summed E-state index contributed by atoms with van der Waals surface area (Å²) in [6.45, 7) is 0.381. The topological polar surface area (TPSA) is 123 Å². The largest absolute Gasteiger partial charge is 0.397 e. The standard InChI is InChI=1S/C42H43N3O5S/c43-37-15-4-5-16-38(37)45-41(48)18-8-17-40(47)44-26-30-9-6-10-32(23-30)33-11-7-12-34(24-33)42-49-35(28-51-36-13-2-1-3-14-36)25-39(50-42)31-21-19-29(27-46)20-22-31/h1-7,9-16,19-24,35,39,42,46H,8,17-18,25-28,43H2,(H,44,47)(H,45,48)/t35-,39+,42+/m0/s1. The first-order valence-electron chi connectivity index (χ1n) is 17.2. The summed E-state index contributed by atoms with van der Waals surface area (Å²) in [5.41, 5.74) is 12.8. The van der Waals surface area contributed by atoms with Gasteiger partial charge in [0.05, 0.1) is 30.2 Å². The first-order valence-corrected chi connectivity index (χ1v) is 18.2. The van der Waals surface area contributed by atoms with Crippen LogP contribution in [-0.4, -0.2) is 28.8 Å². The molecule has 0 saturated carbocycles. The molecule has 1 aliphatic heterocycles. The Labute approximate surface area is 303 Å². The fourth-order valence-electron chi connectivity index (χ4n) is 5.98. The number of nitrogens with one attached hydrogen (secondary N) is 2. The van der Waals surface area contributed by atoms with Gasteiger partial charge in [0, 0.05) is 42.0 Å². The molecule has 0 spiro atoms. The maximum Gasteiger partial charge on any atom is 0.224 e. The van der Waals surface area contributed by atoms with Crippen molar-refractivity contribution in [2.24, 2.45) is 0 Å². The summed E-state index contributed by atoms with van der Waals surface area (Å²) in [5.74, 6) is 0.508. The van der Waals surface area contributed by atoms with Crippen LogP contribution in [0.1, 0.15) is 60.3 Å². The lowest BCUT2D eigenvalue weighted by atomic mass is 9.99. The van der Waals surface area contributed by atoms with Crippen molar-refractivity contribution in [3.8, 4) is 11.1 Å². The summed E-state index contributed by atoms with van der Waals surface area (Å²) in [6.07, 6.45) is 0.872. The van der Waals surface area contributed by atoms with Crippen LogP contribution in [0.25, 0.3) is 11.1 Å². The van der Waals surface area contributed by atoms with E-state index in [1.165, 1.54) is 4.90 Å². The maximum absolute atomic E-state index is 12.6. The van der Waals surface area contributed by atoms with Crippen molar-refractivity contribution in [3.05, 3.63) is 150 Å². The van der Waals surface area contributed by atoms with Gasteiger partial charge >= 0.3 is 0 Å². The van der Waals surface area contributed by atoms with Crippen molar-refractivity contribution < 1.29 is 24.2 Å². The minimum atomic E-state index is -0.558. The van der Waals surface area contributed by atoms with Crippen LogP contribution >= 0.6 is 11.8 Å². The number of nitrogen functional groups attached to an aromatic ring is 1. The lowest BCUT2D eigenvalue weighted by Gasteiger charge is -2.36. The highest BCUT2D eigenvalue weighted by Gasteiger charge is 2.32. The van der Waals surface area contributed by atoms with Crippen molar-refractivity contribution in [2.45, 2.75) is 62.2 Å².